The van der Waals surface area contributed by atoms with Crippen molar-refractivity contribution in [2.75, 3.05) is 0 Å². The van der Waals surface area contributed by atoms with Gasteiger partial charge in [0.2, 0.25) is 0 Å². The molecule has 0 saturated carbocycles. The summed E-state index contributed by atoms with van der Waals surface area (Å²) in [5.74, 6) is 0. The van der Waals surface area contributed by atoms with Crippen LogP contribution in [0.2, 0.25) is 0 Å². The fraction of sp³-hybridized carbons (Fsp3) is 0.286. The van der Waals surface area contributed by atoms with Gasteiger partial charge in [0.05, 0.1) is 0 Å². The van der Waals surface area contributed by atoms with E-state index >= 15 is 0 Å². The van der Waals surface area contributed by atoms with E-state index in [0.717, 1.165) is 5.57 Å². The molecular formula is C14H18. The predicted molar refractivity (Wildman–Crippen MR) is 64.4 cm³/mol. The van der Waals surface area contributed by atoms with Crippen molar-refractivity contribution in [2.24, 2.45) is 0 Å². The normalized spacial score (nSPS) is 11.6. The summed E-state index contributed by atoms with van der Waals surface area (Å²) in [6, 6.07) is 6.41. The molecule has 0 nitrogen and oxygen atoms in total. The Labute approximate surface area is 87.0 Å². The van der Waals surface area contributed by atoms with Crippen LogP contribution in [-0.2, 0) is 0 Å². The van der Waals surface area contributed by atoms with E-state index in [0.29, 0.717) is 0 Å². The molecule has 1 rings (SSSR count). The average Bonchev–Trinajstić information content (AvgIpc) is 2.08. The van der Waals surface area contributed by atoms with E-state index < -0.39 is 0 Å². The molecule has 0 aliphatic carbocycles. The van der Waals surface area contributed by atoms with E-state index in [-0.39, 0.29) is 0 Å². The molecule has 0 heteroatoms. The van der Waals surface area contributed by atoms with Gasteiger partial charge in [0.15, 0.2) is 0 Å². The summed E-state index contributed by atoms with van der Waals surface area (Å²) in [6.45, 7) is 12.4. The smallest absolute Gasteiger partial charge is 0.0195 e. The third kappa shape index (κ3) is 2.35. The van der Waals surface area contributed by atoms with Crippen LogP contribution in [0.3, 0.4) is 0 Å². The number of rotatable bonds is 2. The first kappa shape index (κ1) is 10.8. The zero-order valence-electron chi connectivity index (χ0n) is 9.52. The Hall–Kier alpha value is -1.30. The van der Waals surface area contributed by atoms with E-state index in [2.05, 4.69) is 51.6 Å². The lowest BCUT2D eigenvalue weighted by Gasteiger charge is -2.08. The standard InChI is InChI=1S/C14H18/c1-10(2)9-12(4)14-8-6-7-11(3)13(14)5/h6-9H,1H2,2-5H3/b12-9-. The maximum absolute atomic E-state index is 3.90. The van der Waals surface area contributed by atoms with Crippen LogP contribution in [0, 0.1) is 13.8 Å². The molecule has 74 valence electrons. The van der Waals surface area contributed by atoms with E-state index in [9.17, 15) is 0 Å². The van der Waals surface area contributed by atoms with Crippen LogP contribution in [0.25, 0.3) is 5.57 Å². The van der Waals surface area contributed by atoms with Gasteiger partial charge in [-0.2, -0.15) is 0 Å². The summed E-state index contributed by atoms with van der Waals surface area (Å²) >= 11 is 0. The van der Waals surface area contributed by atoms with Crippen molar-refractivity contribution in [3.8, 4) is 0 Å². The Morgan fingerprint density at radius 2 is 1.86 bits per heavy atom. The van der Waals surface area contributed by atoms with Crippen LogP contribution in [-0.4, -0.2) is 0 Å². The second kappa shape index (κ2) is 4.28. The zero-order valence-corrected chi connectivity index (χ0v) is 9.52. The molecule has 0 heterocycles. The van der Waals surface area contributed by atoms with Crippen molar-refractivity contribution in [1.29, 1.82) is 0 Å². The molecule has 0 fully saturated rings. The molecule has 0 N–H and O–H groups in total. The van der Waals surface area contributed by atoms with E-state index in [4.69, 9.17) is 0 Å². The summed E-state index contributed by atoms with van der Waals surface area (Å²) in [5.41, 5.74) is 6.43. The van der Waals surface area contributed by atoms with Crippen molar-refractivity contribution in [2.45, 2.75) is 27.7 Å². The molecule has 0 aliphatic rings. The maximum atomic E-state index is 3.90. The highest BCUT2D eigenvalue weighted by Gasteiger charge is 2.01. The van der Waals surface area contributed by atoms with Gasteiger partial charge in [-0.15, -0.1) is 0 Å². The van der Waals surface area contributed by atoms with Crippen LogP contribution in [0.1, 0.15) is 30.5 Å². The Balaban J connectivity index is 3.20. The van der Waals surface area contributed by atoms with E-state index in [1.165, 1.54) is 22.3 Å². The largest absolute Gasteiger partial charge is 0.0961 e. The number of allylic oxidation sites excluding steroid dienone is 3. The lowest BCUT2D eigenvalue weighted by Crippen LogP contribution is -1.89. The van der Waals surface area contributed by atoms with Gasteiger partial charge in [0, 0.05) is 0 Å². The average molecular weight is 186 g/mol. The minimum absolute atomic E-state index is 1.10. The van der Waals surface area contributed by atoms with Crippen molar-refractivity contribution < 1.29 is 0 Å². The molecule has 0 atom stereocenters. The molecule has 0 aromatic heterocycles. The minimum Gasteiger partial charge on any atom is -0.0961 e. The number of aryl methyl sites for hydroxylation is 1. The third-order valence-electron chi connectivity index (χ3n) is 2.49. The van der Waals surface area contributed by atoms with Gasteiger partial charge in [-0.3, -0.25) is 0 Å². The Morgan fingerprint density at radius 3 is 2.43 bits per heavy atom. The number of hydrogen-bond acceptors (Lipinski definition) is 0. The Kier molecular flexibility index (Phi) is 3.29. The molecule has 0 saturated heterocycles. The van der Waals surface area contributed by atoms with Crippen molar-refractivity contribution in [1.82, 2.24) is 0 Å². The molecule has 1 aromatic carbocycles. The summed E-state index contributed by atoms with van der Waals surface area (Å²) in [4.78, 5) is 0. The van der Waals surface area contributed by atoms with Gasteiger partial charge in [-0.1, -0.05) is 36.4 Å². The molecule has 0 bridgehead atoms. The highest BCUT2D eigenvalue weighted by Crippen LogP contribution is 2.21. The zero-order chi connectivity index (χ0) is 10.7. The molecule has 0 spiro atoms. The lowest BCUT2D eigenvalue weighted by atomic mass is 9.97. The molecule has 0 unspecified atom stereocenters. The first-order chi connectivity index (χ1) is 6.52. The molecule has 0 radical (unpaired) electrons. The number of benzene rings is 1. The van der Waals surface area contributed by atoms with Crippen LogP contribution in [0.5, 0.6) is 0 Å². The van der Waals surface area contributed by atoms with Gasteiger partial charge < -0.3 is 0 Å². The summed E-state index contributed by atoms with van der Waals surface area (Å²) in [6.07, 6.45) is 2.13. The lowest BCUT2D eigenvalue weighted by molar-refractivity contribution is 1.31. The van der Waals surface area contributed by atoms with Crippen LogP contribution < -0.4 is 0 Å². The first-order valence-electron chi connectivity index (χ1n) is 4.92. The van der Waals surface area contributed by atoms with Gasteiger partial charge in [0.1, 0.15) is 0 Å². The Morgan fingerprint density at radius 1 is 1.21 bits per heavy atom. The highest BCUT2D eigenvalue weighted by molar-refractivity contribution is 5.69. The third-order valence-corrected chi connectivity index (χ3v) is 2.49. The van der Waals surface area contributed by atoms with Gasteiger partial charge in [0.25, 0.3) is 0 Å². The van der Waals surface area contributed by atoms with Gasteiger partial charge in [-0.05, 0) is 50.0 Å². The topological polar surface area (TPSA) is 0 Å². The maximum Gasteiger partial charge on any atom is -0.0195 e. The molecule has 0 aliphatic heterocycles. The Bertz CT molecular complexity index is 381. The second-order valence-electron chi connectivity index (χ2n) is 3.92. The monoisotopic (exact) mass is 186 g/mol. The molecular weight excluding hydrogens is 168 g/mol. The fourth-order valence-electron chi connectivity index (χ4n) is 1.63. The molecule has 0 amide bonds. The van der Waals surface area contributed by atoms with Crippen molar-refractivity contribution >= 4 is 5.57 Å². The minimum atomic E-state index is 1.10. The van der Waals surface area contributed by atoms with Gasteiger partial charge in [-0.25, -0.2) is 0 Å². The fourth-order valence-corrected chi connectivity index (χ4v) is 1.63. The first-order valence-corrected chi connectivity index (χ1v) is 4.92. The van der Waals surface area contributed by atoms with Gasteiger partial charge >= 0.3 is 0 Å². The summed E-state index contributed by atoms with van der Waals surface area (Å²) in [7, 11) is 0. The van der Waals surface area contributed by atoms with Crippen LogP contribution in [0.15, 0.2) is 36.4 Å². The molecule has 14 heavy (non-hydrogen) atoms. The predicted octanol–water partition coefficient (Wildman–Crippen LogP) is 4.28. The van der Waals surface area contributed by atoms with E-state index in [1.54, 1.807) is 0 Å². The summed E-state index contributed by atoms with van der Waals surface area (Å²) < 4.78 is 0. The summed E-state index contributed by atoms with van der Waals surface area (Å²) in [5, 5.41) is 0. The SMILES string of the molecule is C=C(C)/C=C(/C)c1cccc(C)c1C. The van der Waals surface area contributed by atoms with Crippen LogP contribution >= 0.6 is 0 Å². The molecule has 1 aromatic rings. The number of hydrogen-bond donors (Lipinski definition) is 0. The van der Waals surface area contributed by atoms with Crippen molar-refractivity contribution in [3.63, 3.8) is 0 Å². The second-order valence-corrected chi connectivity index (χ2v) is 3.92. The highest BCUT2D eigenvalue weighted by atomic mass is 14.1. The quantitative estimate of drug-likeness (QED) is 0.605. The van der Waals surface area contributed by atoms with Crippen molar-refractivity contribution in [3.05, 3.63) is 53.1 Å². The van der Waals surface area contributed by atoms with E-state index in [1.807, 2.05) is 6.92 Å². The van der Waals surface area contributed by atoms with Crippen LogP contribution in [0.4, 0.5) is 0 Å².